The Bertz CT molecular complexity index is 435. The Morgan fingerprint density at radius 1 is 1.45 bits per heavy atom. The number of methoxy groups -OCH3 is 1. The predicted molar refractivity (Wildman–Crippen MR) is 83.9 cm³/mol. The zero-order chi connectivity index (χ0) is 14.6. The molecule has 2 N–H and O–H groups in total. The van der Waals surface area contributed by atoms with Gasteiger partial charge in [0.25, 0.3) is 0 Å². The maximum atomic E-state index is 6.18. The molecule has 1 saturated carbocycles. The molecular weight excluding hydrogens is 248 g/mol. The highest BCUT2D eigenvalue weighted by atomic mass is 16.5. The summed E-state index contributed by atoms with van der Waals surface area (Å²) < 4.78 is 5.31. The van der Waals surface area contributed by atoms with Gasteiger partial charge in [0.1, 0.15) is 5.75 Å². The number of nitrogens with two attached hydrogens (primary N) is 1. The number of hydrogen-bond donors (Lipinski definition) is 1. The van der Waals surface area contributed by atoms with Crippen LogP contribution in [0.25, 0.3) is 0 Å². The van der Waals surface area contributed by atoms with Gasteiger partial charge in [0.2, 0.25) is 0 Å². The number of benzene rings is 1. The van der Waals surface area contributed by atoms with Crippen LogP contribution in [0.1, 0.15) is 38.2 Å². The van der Waals surface area contributed by atoms with Crippen LogP contribution < -0.4 is 10.5 Å². The van der Waals surface area contributed by atoms with Crippen LogP contribution >= 0.6 is 0 Å². The number of nitrogens with zero attached hydrogens (tertiary/aromatic N) is 1. The minimum atomic E-state index is 0.178. The van der Waals surface area contributed by atoms with Crippen LogP contribution in [0.15, 0.2) is 24.3 Å². The Labute approximate surface area is 123 Å². The lowest BCUT2D eigenvalue weighted by molar-refractivity contribution is 0.0746. The van der Waals surface area contributed by atoms with E-state index in [0.29, 0.717) is 0 Å². The van der Waals surface area contributed by atoms with Crippen molar-refractivity contribution in [2.45, 2.75) is 44.7 Å². The van der Waals surface area contributed by atoms with Crippen LogP contribution in [-0.2, 0) is 6.54 Å². The summed E-state index contributed by atoms with van der Waals surface area (Å²) in [4.78, 5) is 2.48. The quantitative estimate of drug-likeness (QED) is 0.868. The molecule has 112 valence electrons. The van der Waals surface area contributed by atoms with Crippen molar-refractivity contribution in [3.05, 3.63) is 29.8 Å². The third-order valence-corrected chi connectivity index (χ3v) is 5.08. The summed E-state index contributed by atoms with van der Waals surface area (Å²) in [5.74, 6) is 1.65. The van der Waals surface area contributed by atoms with Gasteiger partial charge in [-0.1, -0.05) is 31.9 Å². The molecule has 1 fully saturated rings. The van der Waals surface area contributed by atoms with Crippen molar-refractivity contribution in [2.24, 2.45) is 11.7 Å². The Kier molecular flexibility index (Phi) is 5.06. The van der Waals surface area contributed by atoms with Gasteiger partial charge in [-0.3, -0.25) is 4.90 Å². The van der Waals surface area contributed by atoms with Crippen LogP contribution in [0.3, 0.4) is 0 Å². The van der Waals surface area contributed by atoms with Crippen LogP contribution in [-0.4, -0.2) is 31.1 Å². The maximum absolute atomic E-state index is 6.18. The third kappa shape index (κ3) is 2.84. The highest BCUT2D eigenvalue weighted by Gasteiger charge is 2.43. The topological polar surface area (TPSA) is 38.5 Å². The molecule has 2 atom stereocenters. The van der Waals surface area contributed by atoms with Gasteiger partial charge >= 0.3 is 0 Å². The van der Waals surface area contributed by atoms with Crippen molar-refractivity contribution in [1.29, 1.82) is 0 Å². The van der Waals surface area contributed by atoms with Crippen molar-refractivity contribution in [1.82, 2.24) is 4.90 Å². The summed E-state index contributed by atoms with van der Waals surface area (Å²) in [5.41, 5.74) is 7.65. The minimum Gasteiger partial charge on any atom is -0.497 e. The summed E-state index contributed by atoms with van der Waals surface area (Å²) in [6.45, 7) is 3.98. The monoisotopic (exact) mass is 276 g/mol. The van der Waals surface area contributed by atoms with E-state index < -0.39 is 0 Å². The summed E-state index contributed by atoms with van der Waals surface area (Å²) in [7, 11) is 3.94. The molecule has 0 heterocycles. The van der Waals surface area contributed by atoms with Crippen LogP contribution in [0.5, 0.6) is 5.75 Å². The van der Waals surface area contributed by atoms with Gasteiger partial charge in [0, 0.05) is 18.6 Å². The molecule has 0 amide bonds. The fraction of sp³-hybridized carbons (Fsp3) is 0.647. The van der Waals surface area contributed by atoms with E-state index in [1.54, 1.807) is 7.11 Å². The van der Waals surface area contributed by atoms with Crippen molar-refractivity contribution in [3.63, 3.8) is 0 Å². The molecule has 1 aliphatic rings. The maximum Gasteiger partial charge on any atom is 0.119 e. The summed E-state index contributed by atoms with van der Waals surface area (Å²) in [5, 5.41) is 0. The second-order valence-electron chi connectivity index (χ2n) is 6.01. The van der Waals surface area contributed by atoms with E-state index in [1.807, 2.05) is 6.07 Å². The number of hydrogen-bond acceptors (Lipinski definition) is 3. The Morgan fingerprint density at radius 3 is 2.90 bits per heavy atom. The second kappa shape index (κ2) is 6.59. The van der Waals surface area contributed by atoms with Crippen LogP contribution in [0, 0.1) is 5.92 Å². The SMILES string of the molecule is CCC1CCCC1(CN)N(C)Cc1cccc(OC)c1. The van der Waals surface area contributed by atoms with Gasteiger partial charge < -0.3 is 10.5 Å². The molecule has 3 nitrogen and oxygen atoms in total. The lowest BCUT2D eigenvalue weighted by atomic mass is 9.83. The van der Waals surface area contributed by atoms with E-state index in [1.165, 1.54) is 31.2 Å². The molecule has 0 spiro atoms. The lowest BCUT2D eigenvalue weighted by Gasteiger charge is -2.43. The van der Waals surface area contributed by atoms with Crippen molar-refractivity contribution < 1.29 is 4.74 Å². The minimum absolute atomic E-state index is 0.178. The molecule has 0 aliphatic heterocycles. The smallest absolute Gasteiger partial charge is 0.119 e. The highest BCUT2D eigenvalue weighted by Crippen LogP contribution is 2.41. The Morgan fingerprint density at radius 2 is 2.25 bits per heavy atom. The number of rotatable bonds is 6. The molecule has 2 rings (SSSR count). The van der Waals surface area contributed by atoms with Gasteiger partial charge in [0.15, 0.2) is 0 Å². The molecule has 0 bridgehead atoms. The zero-order valence-electron chi connectivity index (χ0n) is 13.1. The molecule has 1 aliphatic carbocycles. The average Bonchev–Trinajstić information content (AvgIpc) is 2.91. The van der Waals surface area contributed by atoms with Crippen molar-refractivity contribution in [3.8, 4) is 5.75 Å². The predicted octanol–water partition coefficient (Wildman–Crippen LogP) is 3.03. The fourth-order valence-electron chi connectivity index (χ4n) is 3.84. The van der Waals surface area contributed by atoms with E-state index >= 15 is 0 Å². The molecule has 20 heavy (non-hydrogen) atoms. The van der Waals surface area contributed by atoms with E-state index in [9.17, 15) is 0 Å². The lowest BCUT2D eigenvalue weighted by Crippen LogP contribution is -2.54. The van der Waals surface area contributed by atoms with E-state index in [0.717, 1.165) is 24.8 Å². The zero-order valence-corrected chi connectivity index (χ0v) is 13.1. The number of likely N-dealkylation sites (N-methyl/N-ethyl adjacent to an activating group) is 1. The molecule has 0 aromatic heterocycles. The van der Waals surface area contributed by atoms with Crippen molar-refractivity contribution >= 4 is 0 Å². The normalized spacial score (nSPS) is 26.1. The van der Waals surface area contributed by atoms with Crippen molar-refractivity contribution in [2.75, 3.05) is 20.7 Å². The first-order chi connectivity index (χ1) is 9.66. The first-order valence-corrected chi connectivity index (χ1v) is 7.70. The summed E-state index contributed by atoms with van der Waals surface area (Å²) >= 11 is 0. The van der Waals surface area contributed by atoms with Gasteiger partial charge in [-0.2, -0.15) is 0 Å². The van der Waals surface area contributed by atoms with Crippen LogP contribution in [0.2, 0.25) is 0 Å². The molecule has 3 heteroatoms. The first kappa shape index (κ1) is 15.3. The first-order valence-electron chi connectivity index (χ1n) is 7.70. The van der Waals surface area contributed by atoms with E-state index in [4.69, 9.17) is 10.5 Å². The standard InChI is InChI=1S/C17H28N2O/c1-4-15-8-6-10-17(15,13-18)19(2)12-14-7-5-9-16(11-14)20-3/h5,7,9,11,15H,4,6,8,10,12-13,18H2,1-3H3. The van der Waals surface area contributed by atoms with Gasteiger partial charge in [-0.15, -0.1) is 0 Å². The molecule has 2 unspecified atom stereocenters. The Hall–Kier alpha value is -1.06. The summed E-state index contributed by atoms with van der Waals surface area (Å²) in [6.07, 6.45) is 5.07. The average molecular weight is 276 g/mol. The van der Waals surface area contributed by atoms with E-state index in [-0.39, 0.29) is 5.54 Å². The van der Waals surface area contributed by atoms with E-state index in [2.05, 4.69) is 37.1 Å². The largest absolute Gasteiger partial charge is 0.497 e. The molecule has 0 saturated heterocycles. The third-order valence-electron chi connectivity index (χ3n) is 5.08. The van der Waals surface area contributed by atoms with Gasteiger partial charge in [-0.25, -0.2) is 0 Å². The second-order valence-corrected chi connectivity index (χ2v) is 6.01. The molecule has 1 aromatic carbocycles. The molecule has 1 aromatic rings. The Balaban J connectivity index is 2.14. The number of ether oxygens (including phenoxy) is 1. The van der Waals surface area contributed by atoms with Gasteiger partial charge in [0.05, 0.1) is 7.11 Å². The molecular formula is C17H28N2O. The fourth-order valence-corrected chi connectivity index (χ4v) is 3.84. The van der Waals surface area contributed by atoms with Crippen LogP contribution in [0.4, 0.5) is 0 Å². The summed E-state index contributed by atoms with van der Waals surface area (Å²) in [6, 6.07) is 8.34. The van der Waals surface area contributed by atoms with Gasteiger partial charge in [-0.05, 0) is 43.5 Å². The molecule has 0 radical (unpaired) electrons. The highest BCUT2D eigenvalue weighted by molar-refractivity contribution is 5.28.